The van der Waals surface area contributed by atoms with Gasteiger partial charge in [0.2, 0.25) is 0 Å². The lowest BCUT2D eigenvalue weighted by Gasteiger charge is -2.11. The monoisotopic (exact) mass is 417 g/mol. The minimum atomic E-state index is -5.07. The number of hydrogen-bond acceptors (Lipinski definition) is 2. The van der Waals surface area contributed by atoms with Crippen LogP contribution in [0.15, 0.2) is 54.6 Å². The zero-order valence-electron chi connectivity index (χ0n) is 14.1. The number of anilines is 1. The molecule has 152 valence electrons. The first kappa shape index (κ1) is 20.4. The van der Waals surface area contributed by atoms with Gasteiger partial charge in [0.15, 0.2) is 5.69 Å². The number of aromatic nitrogens is 2. The highest BCUT2D eigenvalue weighted by atomic mass is 19.4. The van der Waals surface area contributed by atoms with Crippen LogP contribution in [0, 0.1) is 5.82 Å². The fraction of sp³-hybridized carbons (Fsp3) is 0.111. The van der Waals surface area contributed by atoms with Crippen LogP contribution in [0.1, 0.15) is 21.7 Å². The van der Waals surface area contributed by atoms with Crippen LogP contribution in [0.2, 0.25) is 0 Å². The van der Waals surface area contributed by atoms with Crippen molar-refractivity contribution in [1.82, 2.24) is 9.78 Å². The molecule has 0 spiro atoms. The van der Waals surface area contributed by atoms with Crippen LogP contribution in [0.25, 0.3) is 5.69 Å². The fourth-order valence-electron chi connectivity index (χ4n) is 2.44. The van der Waals surface area contributed by atoms with Gasteiger partial charge in [-0.2, -0.15) is 31.4 Å². The van der Waals surface area contributed by atoms with Gasteiger partial charge in [0.25, 0.3) is 5.91 Å². The Labute approximate surface area is 158 Å². The van der Waals surface area contributed by atoms with Crippen LogP contribution in [0.4, 0.5) is 36.4 Å². The number of alkyl halides is 6. The zero-order chi connectivity index (χ0) is 21.4. The Morgan fingerprint density at radius 3 is 2.10 bits per heavy atom. The van der Waals surface area contributed by atoms with Crippen molar-refractivity contribution in [2.45, 2.75) is 12.4 Å². The molecule has 3 aromatic rings. The summed E-state index contributed by atoms with van der Waals surface area (Å²) in [7, 11) is 0. The van der Waals surface area contributed by atoms with E-state index in [0.717, 1.165) is 24.3 Å². The summed E-state index contributed by atoms with van der Waals surface area (Å²) in [6, 6.07) is 9.20. The van der Waals surface area contributed by atoms with Gasteiger partial charge in [-0.1, -0.05) is 6.07 Å². The lowest BCUT2D eigenvalue weighted by atomic mass is 10.2. The maximum Gasteiger partial charge on any atom is 0.435 e. The van der Waals surface area contributed by atoms with Crippen LogP contribution in [-0.4, -0.2) is 15.7 Å². The molecule has 0 aliphatic carbocycles. The molecule has 1 N–H and O–H groups in total. The van der Waals surface area contributed by atoms with Crippen molar-refractivity contribution in [2.24, 2.45) is 0 Å². The molecule has 4 nitrogen and oxygen atoms in total. The van der Waals surface area contributed by atoms with E-state index >= 15 is 0 Å². The standard InChI is InChI=1S/C18H10F7N3O/c19-11-3-1-2-10(8-11)16(29)26-12-4-6-13(7-5-12)28-15(18(23,24)25)9-14(27-28)17(20,21)22/h1-9H,(H,26,29). The Balaban J connectivity index is 1.89. The number of nitrogens with zero attached hydrogens (tertiary/aromatic N) is 2. The Kier molecular flexibility index (Phi) is 5.07. The first-order valence-corrected chi connectivity index (χ1v) is 7.87. The third-order valence-corrected chi connectivity index (χ3v) is 3.75. The third kappa shape index (κ3) is 4.55. The molecule has 3 rings (SSSR count). The molecule has 0 aliphatic heterocycles. The molecule has 0 radical (unpaired) electrons. The molecule has 0 aliphatic rings. The normalized spacial score (nSPS) is 12.1. The van der Waals surface area contributed by atoms with Gasteiger partial charge < -0.3 is 5.32 Å². The summed E-state index contributed by atoms with van der Waals surface area (Å²) in [4.78, 5) is 12.1. The van der Waals surface area contributed by atoms with Crippen molar-refractivity contribution < 1.29 is 35.5 Å². The largest absolute Gasteiger partial charge is 0.435 e. The molecule has 0 saturated carbocycles. The van der Waals surface area contributed by atoms with Gasteiger partial charge in [-0.25, -0.2) is 9.07 Å². The molecule has 1 heterocycles. The zero-order valence-corrected chi connectivity index (χ0v) is 14.1. The Morgan fingerprint density at radius 1 is 0.897 bits per heavy atom. The summed E-state index contributed by atoms with van der Waals surface area (Å²) >= 11 is 0. The number of carbonyl (C=O) groups excluding carboxylic acids is 1. The second-order valence-corrected chi connectivity index (χ2v) is 5.83. The predicted molar refractivity (Wildman–Crippen MR) is 87.9 cm³/mol. The Morgan fingerprint density at radius 2 is 1.55 bits per heavy atom. The molecule has 0 fully saturated rings. The number of nitrogens with one attached hydrogen (secondary N) is 1. The number of amides is 1. The van der Waals surface area contributed by atoms with Crippen molar-refractivity contribution >= 4 is 11.6 Å². The second-order valence-electron chi connectivity index (χ2n) is 5.83. The summed E-state index contributed by atoms with van der Waals surface area (Å²) in [5.41, 5.74) is -3.43. The molecular formula is C18H10F7N3O. The van der Waals surface area contributed by atoms with Gasteiger partial charge >= 0.3 is 12.4 Å². The quantitative estimate of drug-likeness (QED) is 0.588. The molecular weight excluding hydrogens is 407 g/mol. The van der Waals surface area contributed by atoms with Crippen LogP contribution in [-0.2, 0) is 12.4 Å². The summed E-state index contributed by atoms with van der Waals surface area (Å²) in [6.45, 7) is 0. The van der Waals surface area contributed by atoms with E-state index in [2.05, 4.69) is 10.4 Å². The molecule has 0 unspecified atom stereocenters. The highest BCUT2D eigenvalue weighted by Gasteiger charge is 2.42. The van der Waals surface area contributed by atoms with Crippen molar-refractivity contribution in [1.29, 1.82) is 0 Å². The van der Waals surface area contributed by atoms with Crippen LogP contribution < -0.4 is 5.32 Å². The number of halogens is 7. The topological polar surface area (TPSA) is 46.9 Å². The van der Waals surface area contributed by atoms with Gasteiger partial charge in [-0.3, -0.25) is 4.79 Å². The van der Waals surface area contributed by atoms with Crippen molar-refractivity contribution in [2.75, 3.05) is 5.32 Å². The molecule has 11 heteroatoms. The van der Waals surface area contributed by atoms with Crippen molar-refractivity contribution in [3.8, 4) is 5.69 Å². The van der Waals surface area contributed by atoms with Gasteiger partial charge in [0.1, 0.15) is 11.5 Å². The number of hydrogen-bond donors (Lipinski definition) is 1. The molecule has 1 aromatic heterocycles. The Hall–Kier alpha value is -3.37. The minimum Gasteiger partial charge on any atom is -0.322 e. The van der Waals surface area contributed by atoms with E-state index in [1.54, 1.807) is 0 Å². The molecule has 1 amide bonds. The first-order valence-electron chi connectivity index (χ1n) is 7.87. The highest BCUT2D eigenvalue weighted by molar-refractivity contribution is 6.04. The summed E-state index contributed by atoms with van der Waals surface area (Å²) < 4.78 is 90.9. The number of benzene rings is 2. The SMILES string of the molecule is O=C(Nc1ccc(-n2nc(C(F)(F)F)cc2C(F)(F)F)cc1)c1cccc(F)c1. The summed E-state index contributed by atoms with van der Waals surface area (Å²) in [6.07, 6.45) is -10.1. The molecule has 0 saturated heterocycles. The number of carbonyl (C=O) groups is 1. The predicted octanol–water partition coefficient (Wildman–Crippen LogP) is 5.30. The first-order chi connectivity index (χ1) is 13.4. The lowest BCUT2D eigenvalue weighted by Crippen LogP contribution is -2.14. The van der Waals surface area contributed by atoms with E-state index in [4.69, 9.17) is 0 Å². The van der Waals surface area contributed by atoms with Crippen molar-refractivity contribution in [3.63, 3.8) is 0 Å². The maximum atomic E-state index is 13.2. The Bertz CT molecular complexity index is 1040. The average molecular weight is 417 g/mol. The van der Waals surface area contributed by atoms with Crippen LogP contribution >= 0.6 is 0 Å². The molecule has 2 aromatic carbocycles. The van der Waals surface area contributed by atoms with Gasteiger partial charge in [0.05, 0.1) is 5.69 Å². The fourth-order valence-corrected chi connectivity index (χ4v) is 2.44. The van der Waals surface area contributed by atoms with Gasteiger partial charge in [-0.05, 0) is 42.5 Å². The molecule has 0 bridgehead atoms. The minimum absolute atomic E-state index is 0.00956. The molecule has 0 atom stereocenters. The van der Waals surface area contributed by atoms with E-state index in [-0.39, 0.29) is 27.7 Å². The van der Waals surface area contributed by atoms with E-state index in [1.165, 1.54) is 24.3 Å². The average Bonchev–Trinajstić information content (AvgIpc) is 3.08. The van der Waals surface area contributed by atoms with E-state index in [1.807, 2.05) is 0 Å². The van der Waals surface area contributed by atoms with Crippen LogP contribution in [0.5, 0.6) is 0 Å². The van der Waals surface area contributed by atoms with E-state index in [0.29, 0.717) is 0 Å². The van der Waals surface area contributed by atoms with Crippen molar-refractivity contribution in [3.05, 3.63) is 77.4 Å². The van der Waals surface area contributed by atoms with Crippen LogP contribution in [0.3, 0.4) is 0 Å². The highest BCUT2D eigenvalue weighted by Crippen LogP contribution is 2.36. The summed E-state index contributed by atoms with van der Waals surface area (Å²) in [5.74, 6) is -1.31. The molecule has 29 heavy (non-hydrogen) atoms. The maximum absolute atomic E-state index is 13.2. The summed E-state index contributed by atoms with van der Waals surface area (Å²) in [5, 5.41) is 5.41. The van der Waals surface area contributed by atoms with Gasteiger partial charge in [0, 0.05) is 17.3 Å². The van der Waals surface area contributed by atoms with E-state index in [9.17, 15) is 35.5 Å². The lowest BCUT2D eigenvalue weighted by molar-refractivity contribution is -0.143. The van der Waals surface area contributed by atoms with E-state index < -0.39 is 35.5 Å². The third-order valence-electron chi connectivity index (χ3n) is 3.75. The number of rotatable bonds is 3. The van der Waals surface area contributed by atoms with Gasteiger partial charge in [-0.15, -0.1) is 0 Å². The second kappa shape index (κ2) is 7.22. The smallest absolute Gasteiger partial charge is 0.322 e.